The molecule has 0 spiro atoms. The molecule has 2 aromatic carbocycles. The van der Waals surface area contributed by atoms with E-state index >= 15 is 0 Å². The number of nitrogens with zero attached hydrogens (tertiary/aromatic N) is 4. The fourth-order valence-electron chi connectivity index (χ4n) is 2.62. The van der Waals surface area contributed by atoms with Gasteiger partial charge in [-0.1, -0.05) is 44.2 Å². The van der Waals surface area contributed by atoms with Crippen molar-refractivity contribution < 1.29 is 4.79 Å². The summed E-state index contributed by atoms with van der Waals surface area (Å²) in [5.74, 6) is 0.293. The minimum atomic E-state index is -0.261. The van der Waals surface area contributed by atoms with Crippen LogP contribution < -0.4 is 11.1 Å². The van der Waals surface area contributed by atoms with Crippen molar-refractivity contribution in [2.45, 2.75) is 25.8 Å². The van der Waals surface area contributed by atoms with Crippen LogP contribution in [0.25, 0.3) is 5.69 Å². The molecule has 1 atom stereocenters. The molecular formula is C19H22N6O. The summed E-state index contributed by atoms with van der Waals surface area (Å²) >= 11 is 0. The molecular weight excluding hydrogens is 328 g/mol. The van der Waals surface area contributed by atoms with E-state index in [1.54, 1.807) is 18.2 Å². The lowest BCUT2D eigenvalue weighted by Gasteiger charge is -2.15. The molecule has 1 heterocycles. The Morgan fingerprint density at radius 3 is 2.54 bits per heavy atom. The van der Waals surface area contributed by atoms with Crippen LogP contribution >= 0.6 is 0 Å². The zero-order valence-corrected chi connectivity index (χ0v) is 14.8. The lowest BCUT2D eigenvalue weighted by molar-refractivity contribution is 0.0951. The molecule has 7 nitrogen and oxygen atoms in total. The summed E-state index contributed by atoms with van der Waals surface area (Å²) in [6.45, 7) is 4.66. The molecule has 26 heavy (non-hydrogen) atoms. The van der Waals surface area contributed by atoms with Crippen molar-refractivity contribution in [2.24, 2.45) is 5.73 Å². The van der Waals surface area contributed by atoms with E-state index < -0.39 is 0 Å². The minimum absolute atomic E-state index is 0.186. The van der Waals surface area contributed by atoms with Gasteiger partial charge in [-0.05, 0) is 45.7 Å². The van der Waals surface area contributed by atoms with Crippen molar-refractivity contribution in [3.8, 4) is 5.69 Å². The van der Waals surface area contributed by atoms with E-state index in [2.05, 4.69) is 46.8 Å². The standard InChI is InChI=1S/C19H22N6O/c1-13(2)14-6-8-15(9-7-14)18(20)11-21-19(26)16-4-3-5-17(10-16)25-12-22-23-24-25/h3-10,12-13,18H,11,20H2,1-2H3,(H,21,26). The molecule has 0 aliphatic carbocycles. The third-order valence-electron chi connectivity index (χ3n) is 4.24. The van der Waals surface area contributed by atoms with Crippen LogP contribution in [0.4, 0.5) is 0 Å². The summed E-state index contributed by atoms with van der Waals surface area (Å²) in [7, 11) is 0. The highest BCUT2D eigenvalue weighted by molar-refractivity contribution is 5.94. The van der Waals surface area contributed by atoms with E-state index in [1.165, 1.54) is 16.6 Å². The van der Waals surface area contributed by atoms with Crippen molar-refractivity contribution in [3.63, 3.8) is 0 Å². The zero-order valence-electron chi connectivity index (χ0n) is 14.8. The summed E-state index contributed by atoms with van der Waals surface area (Å²) in [5.41, 5.74) is 9.72. The molecule has 0 radical (unpaired) electrons. The average Bonchev–Trinajstić information content (AvgIpc) is 3.21. The van der Waals surface area contributed by atoms with Gasteiger partial charge in [-0.15, -0.1) is 5.10 Å². The highest BCUT2D eigenvalue weighted by Crippen LogP contribution is 2.17. The van der Waals surface area contributed by atoms with Gasteiger partial charge in [0, 0.05) is 18.2 Å². The Balaban J connectivity index is 1.62. The largest absolute Gasteiger partial charge is 0.350 e. The predicted octanol–water partition coefficient (Wildman–Crippen LogP) is 2.22. The lowest BCUT2D eigenvalue weighted by atomic mass is 9.99. The summed E-state index contributed by atoms with van der Waals surface area (Å²) in [5, 5.41) is 13.9. The summed E-state index contributed by atoms with van der Waals surface area (Å²) in [6.07, 6.45) is 1.48. The maximum Gasteiger partial charge on any atom is 0.251 e. The van der Waals surface area contributed by atoms with Crippen molar-refractivity contribution in [1.82, 2.24) is 25.5 Å². The van der Waals surface area contributed by atoms with Crippen LogP contribution in [0, 0.1) is 0 Å². The van der Waals surface area contributed by atoms with Crippen LogP contribution in [0.1, 0.15) is 47.3 Å². The normalized spacial score (nSPS) is 12.2. The highest BCUT2D eigenvalue weighted by atomic mass is 16.1. The maximum absolute atomic E-state index is 12.4. The Bertz CT molecular complexity index is 858. The fourth-order valence-corrected chi connectivity index (χ4v) is 2.62. The third-order valence-corrected chi connectivity index (χ3v) is 4.24. The maximum atomic E-state index is 12.4. The van der Waals surface area contributed by atoms with Gasteiger partial charge in [-0.25, -0.2) is 4.68 Å². The topological polar surface area (TPSA) is 98.7 Å². The zero-order chi connectivity index (χ0) is 18.5. The van der Waals surface area contributed by atoms with E-state index in [0.717, 1.165) is 11.3 Å². The van der Waals surface area contributed by atoms with Crippen molar-refractivity contribution in [1.29, 1.82) is 0 Å². The number of aromatic nitrogens is 4. The minimum Gasteiger partial charge on any atom is -0.350 e. The molecule has 1 unspecified atom stereocenters. The summed E-state index contributed by atoms with van der Waals surface area (Å²) in [6, 6.07) is 15.0. The van der Waals surface area contributed by atoms with Gasteiger partial charge in [0.25, 0.3) is 5.91 Å². The molecule has 134 valence electrons. The number of carbonyl (C=O) groups is 1. The number of hydrogen-bond donors (Lipinski definition) is 2. The first-order chi connectivity index (χ1) is 12.5. The second-order valence-corrected chi connectivity index (χ2v) is 6.44. The summed E-state index contributed by atoms with van der Waals surface area (Å²) in [4.78, 5) is 12.4. The van der Waals surface area contributed by atoms with Gasteiger partial charge in [0.1, 0.15) is 6.33 Å². The van der Waals surface area contributed by atoms with Crippen molar-refractivity contribution in [3.05, 3.63) is 71.5 Å². The SMILES string of the molecule is CC(C)c1ccc(C(N)CNC(=O)c2cccc(-n3cnnn3)c2)cc1. The molecule has 0 saturated carbocycles. The average molecular weight is 350 g/mol. The van der Waals surface area contributed by atoms with E-state index in [4.69, 9.17) is 5.73 Å². The van der Waals surface area contributed by atoms with E-state index in [9.17, 15) is 4.79 Å². The van der Waals surface area contributed by atoms with E-state index in [1.807, 2.05) is 18.2 Å². The highest BCUT2D eigenvalue weighted by Gasteiger charge is 2.11. The number of rotatable bonds is 6. The number of tetrazole rings is 1. The molecule has 7 heteroatoms. The van der Waals surface area contributed by atoms with Crippen LogP contribution in [0.2, 0.25) is 0 Å². The van der Waals surface area contributed by atoms with Crippen LogP contribution in [-0.2, 0) is 0 Å². The van der Waals surface area contributed by atoms with E-state index in [0.29, 0.717) is 18.0 Å². The molecule has 0 aliphatic rings. The Kier molecular flexibility index (Phi) is 5.38. The van der Waals surface area contributed by atoms with Gasteiger partial charge in [0.2, 0.25) is 0 Å². The van der Waals surface area contributed by atoms with Gasteiger partial charge in [0.15, 0.2) is 0 Å². The first kappa shape index (κ1) is 17.8. The second-order valence-electron chi connectivity index (χ2n) is 6.44. The first-order valence-corrected chi connectivity index (χ1v) is 8.51. The summed E-state index contributed by atoms with van der Waals surface area (Å²) < 4.78 is 1.50. The third kappa shape index (κ3) is 4.12. The van der Waals surface area contributed by atoms with Crippen molar-refractivity contribution >= 4 is 5.91 Å². The number of nitrogens with two attached hydrogens (primary N) is 1. The van der Waals surface area contributed by atoms with Gasteiger partial charge < -0.3 is 11.1 Å². The van der Waals surface area contributed by atoms with Crippen molar-refractivity contribution in [2.75, 3.05) is 6.54 Å². The smallest absolute Gasteiger partial charge is 0.251 e. The number of amides is 1. The molecule has 3 aromatic rings. The van der Waals surface area contributed by atoms with Crippen LogP contribution in [0.3, 0.4) is 0 Å². The Labute approximate surface area is 152 Å². The second kappa shape index (κ2) is 7.88. The Morgan fingerprint density at radius 2 is 1.88 bits per heavy atom. The molecule has 3 N–H and O–H groups in total. The first-order valence-electron chi connectivity index (χ1n) is 8.51. The van der Waals surface area contributed by atoms with Crippen LogP contribution in [0.15, 0.2) is 54.9 Å². The number of nitrogens with one attached hydrogen (secondary N) is 1. The molecule has 3 rings (SSSR count). The van der Waals surface area contributed by atoms with Gasteiger partial charge in [-0.3, -0.25) is 4.79 Å². The molecule has 0 aliphatic heterocycles. The van der Waals surface area contributed by atoms with E-state index in [-0.39, 0.29) is 11.9 Å². The molecule has 1 amide bonds. The molecule has 1 aromatic heterocycles. The molecule has 0 fully saturated rings. The predicted molar refractivity (Wildman–Crippen MR) is 98.9 cm³/mol. The van der Waals surface area contributed by atoms with Crippen LogP contribution in [-0.4, -0.2) is 32.7 Å². The monoisotopic (exact) mass is 350 g/mol. The lowest BCUT2D eigenvalue weighted by Crippen LogP contribution is -2.32. The molecule has 0 saturated heterocycles. The van der Waals surface area contributed by atoms with Gasteiger partial charge >= 0.3 is 0 Å². The number of hydrogen-bond acceptors (Lipinski definition) is 5. The molecule has 0 bridgehead atoms. The Morgan fingerprint density at radius 1 is 1.15 bits per heavy atom. The fraction of sp³-hybridized carbons (Fsp3) is 0.263. The van der Waals surface area contributed by atoms with Crippen LogP contribution in [0.5, 0.6) is 0 Å². The quantitative estimate of drug-likeness (QED) is 0.710. The van der Waals surface area contributed by atoms with Gasteiger partial charge in [-0.2, -0.15) is 0 Å². The Hall–Kier alpha value is -3.06. The number of carbonyl (C=O) groups excluding carboxylic acids is 1. The number of benzene rings is 2. The van der Waals surface area contributed by atoms with Gasteiger partial charge in [0.05, 0.1) is 5.69 Å².